The first-order chi connectivity index (χ1) is 28.4. The first kappa shape index (κ1) is 46.6. The van der Waals surface area contributed by atoms with Gasteiger partial charge in [-0.3, -0.25) is 65.7 Å². The summed E-state index contributed by atoms with van der Waals surface area (Å²) in [5.41, 5.74) is -5.95. The molecular formula is C27H35N6O25P3. The molecule has 0 saturated carbocycles. The largest absolute Gasteiger partial charge is 0.472 e. The van der Waals surface area contributed by atoms with Crippen LogP contribution < -0.4 is 33.7 Å². The maximum Gasteiger partial charge on any atom is 0.472 e. The summed E-state index contributed by atoms with van der Waals surface area (Å²) >= 11 is 0. The van der Waals surface area contributed by atoms with Crippen LogP contribution in [-0.4, -0.2) is 143 Å². The monoisotopic (exact) mass is 936 g/mol. The van der Waals surface area contributed by atoms with E-state index in [1.54, 1.807) is 0 Å². The Bertz CT molecular complexity index is 2590. The summed E-state index contributed by atoms with van der Waals surface area (Å²) in [5.74, 6) is 0. The predicted molar refractivity (Wildman–Crippen MR) is 189 cm³/mol. The average Bonchev–Trinajstić information content (AvgIpc) is 3.73. The highest BCUT2D eigenvalue weighted by Crippen LogP contribution is 2.52. The zero-order valence-electron chi connectivity index (χ0n) is 30.2. The normalized spacial score (nSPS) is 32.5. The van der Waals surface area contributed by atoms with Gasteiger partial charge in [-0.2, -0.15) is 0 Å². The van der Waals surface area contributed by atoms with E-state index in [2.05, 4.69) is 4.52 Å². The summed E-state index contributed by atoms with van der Waals surface area (Å²) in [7, 11) is -16.4. The Hall–Kier alpha value is -3.91. The van der Waals surface area contributed by atoms with Gasteiger partial charge in [-0.25, -0.2) is 28.1 Å². The van der Waals surface area contributed by atoms with Crippen LogP contribution in [0.15, 0.2) is 65.6 Å². The maximum atomic E-state index is 13.3. The summed E-state index contributed by atoms with van der Waals surface area (Å²) in [6, 6.07) is 2.55. The van der Waals surface area contributed by atoms with Crippen molar-refractivity contribution in [1.82, 2.24) is 28.7 Å². The van der Waals surface area contributed by atoms with Crippen molar-refractivity contribution in [1.29, 1.82) is 0 Å². The molecule has 6 heterocycles. The van der Waals surface area contributed by atoms with Gasteiger partial charge in [0.1, 0.15) is 54.9 Å². The molecule has 34 heteroatoms. The van der Waals surface area contributed by atoms with Crippen LogP contribution in [-0.2, 0) is 50.5 Å². The second-order valence-electron chi connectivity index (χ2n) is 13.2. The highest BCUT2D eigenvalue weighted by atomic mass is 31.2. The number of nitrogens with one attached hydrogen (secondary N) is 3. The molecule has 0 aliphatic carbocycles. The molecule has 0 radical (unpaired) electrons. The van der Waals surface area contributed by atoms with Gasteiger partial charge < -0.3 is 54.2 Å². The smallest absolute Gasteiger partial charge is 0.387 e. The number of aromatic amines is 3. The third-order valence-electron chi connectivity index (χ3n) is 9.05. The predicted octanol–water partition coefficient (Wildman–Crippen LogP) is -6.11. The summed E-state index contributed by atoms with van der Waals surface area (Å²) in [6.45, 7) is -3.45. The highest BCUT2D eigenvalue weighted by Gasteiger charge is 2.53. The molecule has 6 rings (SSSR count). The minimum atomic E-state index is -5.60. The highest BCUT2D eigenvalue weighted by molar-refractivity contribution is 7.47. The molecule has 3 aromatic heterocycles. The second-order valence-corrected chi connectivity index (χ2v) is 17.2. The van der Waals surface area contributed by atoms with Gasteiger partial charge in [0.25, 0.3) is 16.7 Å². The summed E-state index contributed by atoms with van der Waals surface area (Å²) in [4.78, 5) is 117. The summed E-state index contributed by atoms with van der Waals surface area (Å²) < 4.78 is 80.7. The fraction of sp³-hybridized carbons (Fsp3) is 0.556. The van der Waals surface area contributed by atoms with Crippen LogP contribution in [0.2, 0.25) is 0 Å². The molecule has 0 bridgehead atoms. The van der Waals surface area contributed by atoms with Crippen molar-refractivity contribution in [2.45, 2.75) is 73.6 Å². The van der Waals surface area contributed by atoms with E-state index < -0.39 is 151 Å². The maximum absolute atomic E-state index is 13.3. The Kier molecular flexibility index (Phi) is 13.8. The molecule has 31 nitrogen and oxygen atoms in total. The molecule has 3 saturated heterocycles. The number of aliphatic hydroxyl groups excluding tert-OH is 4. The molecule has 2 unspecified atom stereocenters. The quantitative estimate of drug-likeness (QED) is 0.0595. The topological polar surface area (TPSA) is 451 Å². The van der Waals surface area contributed by atoms with Crippen LogP contribution in [0, 0.1) is 0 Å². The van der Waals surface area contributed by atoms with E-state index in [1.165, 1.54) is 0 Å². The molecule has 3 aromatic rings. The first-order valence-electron chi connectivity index (χ1n) is 17.1. The molecular weight excluding hydrogens is 901 g/mol. The molecule has 0 amide bonds. The van der Waals surface area contributed by atoms with Crippen molar-refractivity contribution in [2.75, 3.05) is 19.8 Å². The van der Waals surface area contributed by atoms with E-state index in [0.29, 0.717) is 13.7 Å². The average molecular weight is 937 g/mol. The van der Waals surface area contributed by atoms with Crippen molar-refractivity contribution >= 4 is 23.5 Å². The minimum Gasteiger partial charge on any atom is -0.387 e. The number of hydrogen-bond acceptors (Lipinski definition) is 21. The van der Waals surface area contributed by atoms with Gasteiger partial charge in [-0.05, 0) is 0 Å². The van der Waals surface area contributed by atoms with E-state index in [-0.39, 0.29) is 0 Å². The van der Waals surface area contributed by atoms with Crippen molar-refractivity contribution in [2.24, 2.45) is 0 Å². The Morgan fingerprint density at radius 2 is 0.836 bits per heavy atom. The number of aromatic nitrogens is 6. The van der Waals surface area contributed by atoms with Gasteiger partial charge in [-0.1, -0.05) is 0 Å². The van der Waals surface area contributed by atoms with Gasteiger partial charge in [0.2, 0.25) is 0 Å². The fourth-order valence-corrected chi connectivity index (χ4v) is 8.55. The lowest BCUT2D eigenvalue weighted by Gasteiger charge is -2.26. The molecule has 11 N–H and O–H groups in total. The number of rotatable bonds is 16. The Balaban J connectivity index is 1.19. The molecule has 3 fully saturated rings. The number of hydrogen-bond donors (Lipinski definition) is 11. The zero-order chi connectivity index (χ0) is 44.8. The zero-order valence-corrected chi connectivity index (χ0v) is 32.9. The van der Waals surface area contributed by atoms with Crippen molar-refractivity contribution in [3.8, 4) is 0 Å². The minimum absolute atomic E-state index is 0.584. The van der Waals surface area contributed by atoms with Gasteiger partial charge in [-0.15, -0.1) is 0 Å². The SMILES string of the molecule is O=c1ccn([C@@H]2O[C@H](COP(=O)(O)O[C@H]3[C@@H](O)[C@H](n4ccc(=O)[nH]c4=O)O[C@@H]3COP(=O)(O)O[C@H]3[C@@H](O)[C@H](n4ccc(=O)[nH]c4=O)O[C@@H]3COP(=O)(O)O)[C@@H](O)[C@H]2O)c(=O)[nH]1. The number of ether oxygens (including phenoxy) is 3. The third-order valence-corrected chi connectivity index (χ3v) is 11.5. The molecule has 3 aliphatic heterocycles. The van der Waals surface area contributed by atoms with Crippen LogP contribution in [0.25, 0.3) is 0 Å². The van der Waals surface area contributed by atoms with Gasteiger partial charge >= 0.3 is 40.5 Å². The number of aliphatic hydroxyl groups is 4. The Labute approximate surface area is 335 Å². The second kappa shape index (κ2) is 18.1. The standard InChI is InChI=1S/C27H35N6O25P3/c34-13-1-4-31(25(41)28-13)22-17(38)16(37)10(54-22)7-52-60(47,48)58-21-12(56-24(19(21)40)33-6-3-15(36)30-27(33)43)9-53-61(49,50)57-20-11(8-51-59(44,45)46)55-23(18(20)39)32-5-2-14(35)29-26(32)42/h1-6,10-12,16-24,37-40H,7-9H2,(H,47,48)(H,49,50)(H,28,34,41)(H,29,35,42)(H,30,36,43)(H2,44,45,46)/t10-,11-,12-,16-,17-,18-,19-,20-,21-,22-,23-,24-/m1/s1. The van der Waals surface area contributed by atoms with Crippen molar-refractivity contribution in [3.05, 3.63) is 99.3 Å². The molecule has 0 aromatic carbocycles. The van der Waals surface area contributed by atoms with Crippen LogP contribution in [0.3, 0.4) is 0 Å². The van der Waals surface area contributed by atoms with Crippen molar-refractivity contribution in [3.63, 3.8) is 0 Å². The van der Waals surface area contributed by atoms with E-state index in [9.17, 15) is 82.5 Å². The summed E-state index contributed by atoms with van der Waals surface area (Å²) in [5, 5.41) is 43.1. The van der Waals surface area contributed by atoms with E-state index in [0.717, 1.165) is 36.8 Å². The van der Waals surface area contributed by atoms with Gasteiger partial charge in [0.15, 0.2) is 18.7 Å². The van der Waals surface area contributed by atoms with Crippen LogP contribution in [0.5, 0.6) is 0 Å². The van der Waals surface area contributed by atoms with Crippen LogP contribution in [0.4, 0.5) is 0 Å². The van der Waals surface area contributed by atoms with E-state index >= 15 is 0 Å². The molecule has 0 spiro atoms. The molecule has 3 aliphatic rings. The molecule has 61 heavy (non-hydrogen) atoms. The lowest BCUT2D eigenvalue weighted by molar-refractivity contribution is -0.0642. The first-order valence-corrected chi connectivity index (χ1v) is 21.6. The van der Waals surface area contributed by atoms with E-state index in [1.807, 2.05) is 15.0 Å². The lowest BCUT2D eigenvalue weighted by atomic mass is 10.1. The number of nitrogens with zero attached hydrogens (tertiary/aromatic N) is 3. The van der Waals surface area contributed by atoms with Gasteiger partial charge in [0.05, 0.1) is 19.8 Å². The van der Waals surface area contributed by atoms with Crippen molar-refractivity contribution < 1.29 is 90.5 Å². The lowest BCUT2D eigenvalue weighted by Crippen LogP contribution is -2.39. The molecule has 14 atom stereocenters. The number of H-pyrrole nitrogens is 3. The van der Waals surface area contributed by atoms with E-state index in [4.69, 9.17) is 32.3 Å². The Morgan fingerprint density at radius 3 is 1.20 bits per heavy atom. The molecule has 338 valence electrons. The fourth-order valence-electron chi connectivity index (χ4n) is 6.28. The van der Waals surface area contributed by atoms with Crippen LogP contribution in [0.1, 0.15) is 18.7 Å². The summed E-state index contributed by atoms with van der Waals surface area (Å²) in [6.07, 6.45) is -20.5. The van der Waals surface area contributed by atoms with Gasteiger partial charge in [0, 0.05) is 36.8 Å². The Morgan fingerprint density at radius 1 is 0.508 bits per heavy atom. The number of phosphoric ester groups is 3. The third kappa shape index (κ3) is 10.8. The van der Waals surface area contributed by atoms with Crippen LogP contribution >= 0.6 is 23.5 Å². The number of phosphoric acid groups is 3.